The lowest BCUT2D eigenvalue weighted by molar-refractivity contribution is 0.100. The van der Waals surface area contributed by atoms with Crippen molar-refractivity contribution in [2.24, 2.45) is 5.73 Å². The summed E-state index contributed by atoms with van der Waals surface area (Å²) in [6.45, 7) is 2.07. The Labute approximate surface area is 77.9 Å². The number of aryl methyl sites for hydroxylation is 1. The monoisotopic (exact) mass is 178 g/mol. The van der Waals surface area contributed by atoms with Crippen LogP contribution in [0.5, 0.6) is 0 Å². The Morgan fingerprint density at radius 3 is 2.69 bits per heavy atom. The molecule has 0 aromatic heterocycles. The third-order valence-corrected chi connectivity index (χ3v) is 2.04. The number of hydrogen-bond acceptors (Lipinski definition) is 2. The first-order valence-corrected chi connectivity index (χ1v) is 4.29. The number of carbonyl (C=O) groups is 1. The normalized spacial score (nSPS) is 9.69. The van der Waals surface area contributed by atoms with Gasteiger partial charge in [0.2, 0.25) is 5.91 Å². The summed E-state index contributed by atoms with van der Waals surface area (Å²) >= 11 is 0. The maximum absolute atomic E-state index is 10.9. The van der Waals surface area contributed by atoms with Crippen molar-refractivity contribution in [1.29, 1.82) is 0 Å². The third kappa shape index (κ3) is 1.99. The quantitative estimate of drug-likeness (QED) is 0.734. The Bertz CT molecular complexity index is 321. The van der Waals surface area contributed by atoms with Crippen LogP contribution in [0, 0.1) is 0 Å². The number of nitrogens with two attached hydrogens (primary N) is 1. The molecule has 1 aromatic rings. The molecule has 1 rings (SSSR count). The molecule has 0 unspecified atom stereocenters. The van der Waals surface area contributed by atoms with Crippen molar-refractivity contribution in [2.75, 3.05) is 12.4 Å². The van der Waals surface area contributed by atoms with Crippen LogP contribution in [-0.2, 0) is 6.42 Å². The fourth-order valence-corrected chi connectivity index (χ4v) is 1.27. The van der Waals surface area contributed by atoms with Crippen LogP contribution in [0.4, 0.5) is 5.69 Å². The highest BCUT2D eigenvalue weighted by atomic mass is 16.1. The molecule has 0 aliphatic heterocycles. The van der Waals surface area contributed by atoms with Crippen molar-refractivity contribution in [3.8, 4) is 0 Å². The summed E-state index contributed by atoms with van der Waals surface area (Å²) in [6, 6.07) is 5.45. The van der Waals surface area contributed by atoms with Crippen LogP contribution in [0.3, 0.4) is 0 Å². The van der Waals surface area contributed by atoms with Gasteiger partial charge in [0, 0.05) is 18.3 Å². The van der Waals surface area contributed by atoms with E-state index >= 15 is 0 Å². The third-order valence-electron chi connectivity index (χ3n) is 2.04. The number of amides is 1. The van der Waals surface area contributed by atoms with Crippen LogP contribution < -0.4 is 11.1 Å². The maximum atomic E-state index is 10.9. The van der Waals surface area contributed by atoms with E-state index in [-0.39, 0.29) is 5.91 Å². The van der Waals surface area contributed by atoms with Gasteiger partial charge in [-0.15, -0.1) is 0 Å². The molecule has 0 atom stereocenters. The zero-order valence-electron chi connectivity index (χ0n) is 7.92. The maximum Gasteiger partial charge on any atom is 0.248 e. The van der Waals surface area contributed by atoms with Crippen molar-refractivity contribution in [3.05, 3.63) is 29.3 Å². The van der Waals surface area contributed by atoms with E-state index in [1.54, 1.807) is 12.1 Å². The van der Waals surface area contributed by atoms with Crippen LogP contribution >= 0.6 is 0 Å². The number of benzene rings is 1. The predicted molar refractivity (Wildman–Crippen MR) is 53.9 cm³/mol. The van der Waals surface area contributed by atoms with Gasteiger partial charge in [-0.25, -0.2) is 0 Å². The zero-order chi connectivity index (χ0) is 9.84. The zero-order valence-corrected chi connectivity index (χ0v) is 7.92. The molecule has 70 valence electrons. The van der Waals surface area contributed by atoms with Crippen LogP contribution in [0.2, 0.25) is 0 Å². The smallest absolute Gasteiger partial charge is 0.248 e. The van der Waals surface area contributed by atoms with Gasteiger partial charge >= 0.3 is 0 Å². The Kier molecular flexibility index (Phi) is 2.90. The molecule has 0 aliphatic carbocycles. The standard InChI is InChI=1S/C10H14N2O/c1-3-7-4-5-8(10(11)13)6-9(7)12-2/h4-6,12H,3H2,1-2H3,(H2,11,13). The number of anilines is 1. The highest BCUT2D eigenvalue weighted by molar-refractivity contribution is 5.94. The summed E-state index contributed by atoms with van der Waals surface area (Å²) < 4.78 is 0. The SMILES string of the molecule is CCc1ccc(C(N)=O)cc1NC. The molecule has 0 heterocycles. The Morgan fingerprint density at radius 1 is 1.54 bits per heavy atom. The number of carbonyl (C=O) groups excluding carboxylic acids is 1. The Morgan fingerprint density at radius 2 is 2.23 bits per heavy atom. The van der Waals surface area contributed by atoms with Crippen LogP contribution in [0.25, 0.3) is 0 Å². The van der Waals surface area contributed by atoms with E-state index < -0.39 is 0 Å². The van der Waals surface area contributed by atoms with Crippen molar-refractivity contribution in [3.63, 3.8) is 0 Å². The minimum Gasteiger partial charge on any atom is -0.388 e. The summed E-state index contributed by atoms with van der Waals surface area (Å²) in [5.41, 5.74) is 7.86. The van der Waals surface area contributed by atoms with Crippen molar-refractivity contribution >= 4 is 11.6 Å². The van der Waals surface area contributed by atoms with E-state index in [1.165, 1.54) is 5.56 Å². The molecular weight excluding hydrogens is 164 g/mol. The van der Waals surface area contributed by atoms with Gasteiger partial charge in [-0.05, 0) is 24.1 Å². The fraction of sp³-hybridized carbons (Fsp3) is 0.300. The lowest BCUT2D eigenvalue weighted by Gasteiger charge is -2.07. The Balaban J connectivity index is 3.13. The van der Waals surface area contributed by atoms with E-state index in [0.717, 1.165) is 12.1 Å². The van der Waals surface area contributed by atoms with Crippen molar-refractivity contribution in [2.45, 2.75) is 13.3 Å². The van der Waals surface area contributed by atoms with Crippen LogP contribution in [0.15, 0.2) is 18.2 Å². The highest BCUT2D eigenvalue weighted by Crippen LogP contribution is 2.17. The van der Waals surface area contributed by atoms with Gasteiger partial charge in [0.1, 0.15) is 0 Å². The fourth-order valence-electron chi connectivity index (χ4n) is 1.27. The second-order valence-corrected chi connectivity index (χ2v) is 2.84. The van der Waals surface area contributed by atoms with E-state index in [9.17, 15) is 4.79 Å². The second-order valence-electron chi connectivity index (χ2n) is 2.84. The van der Waals surface area contributed by atoms with Gasteiger partial charge in [0.25, 0.3) is 0 Å². The van der Waals surface area contributed by atoms with E-state index in [2.05, 4.69) is 12.2 Å². The van der Waals surface area contributed by atoms with E-state index in [0.29, 0.717) is 5.56 Å². The van der Waals surface area contributed by atoms with Crippen LogP contribution in [-0.4, -0.2) is 13.0 Å². The molecule has 0 aliphatic rings. The predicted octanol–water partition coefficient (Wildman–Crippen LogP) is 1.39. The molecule has 13 heavy (non-hydrogen) atoms. The number of primary amides is 1. The minimum absolute atomic E-state index is 0.390. The van der Waals surface area contributed by atoms with Gasteiger partial charge in [-0.3, -0.25) is 4.79 Å². The summed E-state index contributed by atoms with van der Waals surface area (Å²) in [7, 11) is 1.83. The second kappa shape index (κ2) is 3.94. The molecular formula is C10H14N2O. The van der Waals surface area contributed by atoms with E-state index in [4.69, 9.17) is 5.73 Å². The lowest BCUT2D eigenvalue weighted by atomic mass is 10.1. The molecule has 1 aromatic carbocycles. The number of rotatable bonds is 3. The van der Waals surface area contributed by atoms with Gasteiger partial charge in [0.05, 0.1) is 0 Å². The summed E-state index contributed by atoms with van der Waals surface area (Å²) in [4.78, 5) is 10.9. The van der Waals surface area contributed by atoms with Gasteiger partial charge < -0.3 is 11.1 Å². The first kappa shape index (κ1) is 9.58. The molecule has 1 amide bonds. The molecule has 0 saturated carbocycles. The number of nitrogens with one attached hydrogen (secondary N) is 1. The molecule has 0 bridgehead atoms. The van der Waals surface area contributed by atoms with Gasteiger partial charge in [0.15, 0.2) is 0 Å². The molecule has 3 nitrogen and oxygen atoms in total. The number of hydrogen-bond donors (Lipinski definition) is 2. The Hall–Kier alpha value is -1.51. The van der Waals surface area contributed by atoms with Gasteiger partial charge in [-0.1, -0.05) is 13.0 Å². The largest absolute Gasteiger partial charge is 0.388 e. The summed E-state index contributed by atoms with van der Waals surface area (Å²) in [6.07, 6.45) is 0.940. The minimum atomic E-state index is -0.390. The topological polar surface area (TPSA) is 55.1 Å². The first-order valence-electron chi connectivity index (χ1n) is 4.29. The average Bonchev–Trinajstić information content (AvgIpc) is 2.16. The molecule has 3 N–H and O–H groups in total. The van der Waals surface area contributed by atoms with Crippen molar-refractivity contribution in [1.82, 2.24) is 0 Å². The molecule has 0 fully saturated rings. The molecule has 0 radical (unpaired) electrons. The molecule has 0 spiro atoms. The van der Waals surface area contributed by atoms with E-state index in [1.807, 2.05) is 13.1 Å². The first-order chi connectivity index (χ1) is 6.19. The lowest BCUT2D eigenvalue weighted by Crippen LogP contribution is -2.11. The van der Waals surface area contributed by atoms with Crippen molar-refractivity contribution < 1.29 is 4.79 Å². The summed E-state index contributed by atoms with van der Waals surface area (Å²) in [5.74, 6) is -0.390. The summed E-state index contributed by atoms with van der Waals surface area (Å²) in [5, 5.41) is 3.03. The molecule has 0 saturated heterocycles. The van der Waals surface area contributed by atoms with Crippen LogP contribution in [0.1, 0.15) is 22.8 Å². The van der Waals surface area contributed by atoms with Gasteiger partial charge in [-0.2, -0.15) is 0 Å². The highest BCUT2D eigenvalue weighted by Gasteiger charge is 2.04. The molecule has 3 heteroatoms. The average molecular weight is 178 g/mol.